The predicted octanol–water partition coefficient (Wildman–Crippen LogP) is 2.27. The quantitative estimate of drug-likeness (QED) is 0.365. The van der Waals surface area contributed by atoms with Crippen LogP contribution in [0.3, 0.4) is 0 Å². The number of nitrogens with zero attached hydrogens (tertiary/aromatic N) is 1. The molecular formula is C16H33N3O2S. The van der Waals surface area contributed by atoms with E-state index < -0.39 is 0 Å². The van der Waals surface area contributed by atoms with Crippen molar-refractivity contribution in [3.8, 4) is 0 Å². The van der Waals surface area contributed by atoms with Crippen LogP contribution in [-0.4, -0.2) is 63.0 Å². The lowest BCUT2D eigenvalue weighted by Gasteiger charge is -2.34. The molecule has 1 aliphatic heterocycles. The Morgan fingerprint density at radius 2 is 2.00 bits per heavy atom. The van der Waals surface area contributed by atoms with Crippen LogP contribution >= 0.6 is 11.8 Å². The second kappa shape index (κ2) is 12.0. The van der Waals surface area contributed by atoms with Crippen molar-refractivity contribution in [2.45, 2.75) is 44.3 Å². The van der Waals surface area contributed by atoms with Gasteiger partial charge in [-0.2, -0.15) is 11.8 Å². The lowest BCUT2D eigenvalue weighted by atomic mass is 9.99. The van der Waals surface area contributed by atoms with E-state index in [4.69, 9.17) is 14.5 Å². The smallest absolute Gasteiger partial charge is 0.191 e. The topological polar surface area (TPSA) is 54.9 Å². The summed E-state index contributed by atoms with van der Waals surface area (Å²) in [5, 5.41) is 6.75. The van der Waals surface area contributed by atoms with E-state index in [0.29, 0.717) is 0 Å². The molecule has 0 bridgehead atoms. The van der Waals surface area contributed by atoms with Crippen LogP contribution in [0.25, 0.3) is 0 Å². The molecule has 2 N–H and O–H groups in total. The van der Waals surface area contributed by atoms with Crippen molar-refractivity contribution >= 4 is 17.7 Å². The number of aliphatic imine (C=N–C) groups is 1. The molecule has 0 amide bonds. The molecule has 0 saturated carbocycles. The fraction of sp³-hybridized carbons (Fsp3) is 0.938. The standard InChI is InChI=1S/C16H33N3O2S/c1-4-17-15(18-10-6-7-11-20-5-2)19-14-16(22-3)8-12-21-13-9-16/h4-14H2,1-3H3,(H2,17,18,19). The Morgan fingerprint density at radius 1 is 1.23 bits per heavy atom. The van der Waals surface area contributed by atoms with E-state index in [2.05, 4.69) is 23.8 Å². The fourth-order valence-electron chi connectivity index (χ4n) is 2.42. The largest absolute Gasteiger partial charge is 0.382 e. The zero-order valence-electron chi connectivity index (χ0n) is 14.5. The summed E-state index contributed by atoms with van der Waals surface area (Å²) in [6, 6.07) is 0. The number of hydrogen-bond donors (Lipinski definition) is 2. The van der Waals surface area contributed by atoms with Crippen LogP contribution in [0.4, 0.5) is 0 Å². The first-order valence-electron chi connectivity index (χ1n) is 8.49. The summed E-state index contributed by atoms with van der Waals surface area (Å²) >= 11 is 1.93. The molecule has 1 aliphatic rings. The van der Waals surface area contributed by atoms with Crippen molar-refractivity contribution < 1.29 is 9.47 Å². The molecule has 130 valence electrons. The van der Waals surface area contributed by atoms with Gasteiger partial charge < -0.3 is 20.1 Å². The van der Waals surface area contributed by atoms with E-state index in [9.17, 15) is 0 Å². The first-order chi connectivity index (χ1) is 10.8. The molecule has 0 unspecified atom stereocenters. The maximum absolute atomic E-state index is 5.49. The minimum Gasteiger partial charge on any atom is -0.382 e. The van der Waals surface area contributed by atoms with Crippen LogP contribution in [0.2, 0.25) is 0 Å². The Bertz CT molecular complexity index is 308. The van der Waals surface area contributed by atoms with Gasteiger partial charge in [-0.25, -0.2) is 0 Å². The van der Waals surface area contributed by atoms with Gasteiger partial charge in [-0.05, 0) is 45.8 Å². The predicted molar refractivity (Wildman–Crippen MR) is 96.0 cm³/mol. The van der Waals surface area contributed by atoms with Gasteiger partial charge in [-0.15, -0.1) is 0 Å². The molecule has 0 aromatic heterocycles. The van der Waals surface area contributed by atoms with Crippen molar-refractivity contribution in [1.29, 1.82) is 0 Å². The molecule has 0 aliphatic carbocycles. The number of guanidine groups is 1. The SMILES string of the molecule is CCNC(=NCC1(SC)CCOCC1)NCCCCOCC. The first-order valence-corrected chi connectivity index (χ1v) is 9.71. The second-order valence-electron chi connectivity index (χ2n) is 5.53. The highest BCUT2D eigenvalue weighted by atomic mass is 32.2. The molecule has 0 aromatic rings. The average molecular weight is 332 g/mol. The number of rotatable bonds is 10. The van der Waals surface area contributed by atoms with E-state index in [0.717, 1.165) is 77.7 Å². The molecule has 0 aromatic carbocycles. The van der Waals surface area contributed by atoms with Gasteiger partial charge in [0.1, 0.15) is 0 Å². The van der Waals surface area contributed by atoms with E-state index in [1.165, 1.54) is 0 Å². The zero-order valence-corrected chi connectivity index (χ0v) is 15.3. The third-order valence-corrected chi connectivity index (χ3v) is 5.32. The van der Waals surface area contributed by atoms with Crippen LogP contribution in [-0.2, 0) is 9.47 Å². The molecular weight excluding hydrogens is 298 g/mol. The maximum Gasteiger partial charge on any atom is 0.191 e. The van der Waals surface area contributed by atoms with Gasteiger partial charge in [0.15, 0.2) is 5.96 Å². The Kier molecular flexibility index (Phi) is 10.7. The summed E-state index contributed by atoms with van der Waals surface area (Å²) in [5.41, 5.74) is 0. The monoisotopic (exact) mass is 331 g/mol. The number of hydrogen-bond acceptors (Lipinski definition) is 4. The van der Waals surface area contributed by atoms with E-state index in [1.54, 1.807) is 0 Å². The minimum absolute atomic E-state index is 0.246. The van der Waals surface area contributed by atoms with Gasteiger partial charge in [0.25, 0.3) is 0 Å². The third kappa shape index (κ3) is 7.70. The molecule has 0 radical (unpaired) electrons. The van der Waals surface area contributed by atoms with E-state index >= 15 is 0 Å². The van der Waals surface area contributed by atoms with Crippen LogP contribution in [0, 0.1) is 0 Å². The molecule has 0 spiro atoms. The number of ether oxygens (including phenoxy) is 2. The fourth-order valence-corrected chi connectivity index (χ4v) is 3.18. The molecule has 0 atom stereocenters. The Morgan fingerprint density at radius 3 is 2.64 bits per heavy atom. The Labute approximate surface area is 140 Å². The lowest BCUT2D eigenvalue weighted by molar-refractivity contribution is 0.0794. The summed E-state index contributed by atoms with van der Waals surface area (Å²) < 4.78 is 11.1. The van der Waals surface area contributed by atoms with Crippen LogP contribution in [0.5, 0.6) is 0 Å². The van der Waals surface area contributed by atoms with Crippen molar-refractivity contribution in [2.75, 3.05) is 52.3 Å². The van der Waals surface area contributed by atoms with Gasteiger partial charge in [-0.1, -0.05) is 0 Å². The highest BCUT2D eigenvalue weighted by molar-refractivity contribution is 8.00. The van der Waals surface area contributed by atoms with Crippen LogP contribution < -0.4 is 10.6 Å². The van der Waals surface area contributed by atoms with Gasteiger partial charge in [-0.3, -0.25) is 4.99 Å². The number of thioether (sulfide) groups is 1. The van der Waals surface area contributed by atoms with Gasteiger partial charge in [0.05, 0.1) is 6.54 Å². The molecule has 6 heteroatoms. The van der Waals surface area contributed by atoms with Crippen molar-refractivity contribution in [1.82, 2.24) is 10.6 Å². The first kappa shape index (κ1) is 19.6. The average Bonchev–Trinajstić information content (AvgIpc) is 2.56. The lowest BCUT2D eigenvalue weighted by Crippen LogP contribution is -2.41. The third-order valence-electron chi connectivity index (χ3n) is 3.92. The highest BCUT2D eigenvalue weighted by Crippen LogP contribution is 2.33. The summed E-state index contributed by atoms with van der Waals surface area (Å²) in [6.45, 7) is 10.2. The van der Waals surface area contributed by atoms with Gasteiger partial charge in [0, 0.05) is 44.3 Å². The second-order valence-corrected chi connectivity index (χ2v) is 6.80. The maximum atomic E-state index is 5.49. The van der Waals surface area contributed by atoms with Crippen molar-refractivity contribution in [2.24, 2.45) is 4.99 Å². The van der Waals surface area contributed by atoms with Crippen molar-refractivity contribution in [3.05, 3.63) is 0 Å². The number of nitrogens with one attached hydrogen (secondary N) is 2. The summed E-state index contributed by atoms with van der Waals surface area (Å²) in [6.07, 6.45) is 6.56. The van der Waals surface area contributed by atoms with Gasteiger partial charge in [0.2, 0.25) is 0 Å². The Balaban J connectivity index is 2.36. The molecule has 22 heavy (non-hydrogen) atoms. The number of unbranched alkanes of at least 4 members (excludes halogenated alkanes) is 1. The molecule has 1 saturated heterocycles. The van der Waals surface area contributed by atoms with Crippen molar-refractivity contribution in [3.63, 3.8) is 0 Å². The van der Waals surface area contributed by atoms with E-state index in [1.807, 2.05) is 18.7 Å². The Hall–Kier alpha value is -0.460. The minimum atomic E-state index is 0.246. The van der Waals surface area contributed by atoms with Crippen LogP contribution in [0.1, 0.15) is 39.5 Å². The van der Waals surface area contributed by atoms with Crippen LogP contribution in [0.15, 0.2) is 4.99 Å². The summed E-state index contributed by atoms with van der Waals surface area (Å²) in [7, 11) is 0. The molecule has 1 fully saturated rings. The normalized spacial score (nSPS) is 18.2. The molecule has 1 rings (SSSR count). The summed E-state index contributed by atoms with van der Waals surface area (Å²) in [4.78, 5) is 4.80. The molecule has 1 heterocycles. The highest BCUT2D eigenvalue weighted by Gasteiger charge is 2.31. The molecule has 5 nitrogen and oxygen atoms in total. The van der Waals surface area contributed by atoms with Gasteiger partial charge >= 0.3 is 0 Å². The van der Waals surface area contributed by atoms with E-state index in [-0.39, 0.29) is 4.75 Å². The summed E-state index contributed by atoms with van der Waals surface area (Å²) in [5.74, 6) is 0.929. The zero-order chi connectivity index (χ0) is 16.1.